The third kappa shape index (κ3) is 2.59. The fraction of sp³-hybridized carbons (Fsp3) is 0.286. The Hall–Kier alpha value is -2.41. The van der Waals surface area contributed by atoms with Crippen LogP contribution in [-0.2, 0) is 19.6 Å². The van der Waals surface area contributed by atoms with Gasteiger partial charge in [-0.2, -0.15) is 0 Å². The lowest BCUT2D eigenvalue weighted by molar-refractivity contribution is 0.206. The highest BCUT2D eigenvalue weighted by atomic mass is 19.1. The minimum Gasteiger partial charge on any atom is -0.409 e. The van der Waals surface area contributed by atoms with Crippen molar-refractivity contribution in [1.82, 2.24) is 14.5 Å². The molecule has 0 atom stereocenters. The van der Waals surface area contributed by atoms with Crippen molar-refractivity contribution < 1.29 is 9.60 Å². The third-order valence-electron chi connectivity index (χ3n) is 3.68. The Morgan fingerprint density at radius 2 is 2.29 bits per heavy atom. The molecule has 3 rings (SSSR count). The van der Waals surface area contributed by atoms with Crippen LogP contribution in [0.25, 0.3) is 0 Å². The molecule has 21 heavy (non-hydrogen) atoms. The van der Waals surface area contributed by atoms with Crippen molar-refractivity contribution in [2.45, 2.75) is 19.6 Å². The normalized spacial score (nSPS) is 16.0. The monoisotopic (exact) mass is 289 g/mol. The van der Waals surface area contributed by atoms with Crippen molar-refractivity contribution in [2.75, 3.05) is 6.54 Å². The number of hydrogen-bond acceptors (Lipinski definition) is 4. The first-order valence-electron chi connectivity index (χ1n) is 6.66. The molecule has 7 heteroatoms. The zero-order valence-corrected chi connectivity index (χ0v) is 11.4. The van der Waals surface area contributed by atoms with Gasteiger partial charge >= 0.3 is 0 Å². The molecule has 0 amide bonds. The Kier molecular flexibility index (Phi) is 3.57. The molecule has 0 fully saturated rings. The number of nitrogens with two attached hydrogens (primary N) is 1. The first-order chi connectivity index (χ1) is 10.2. The molecule has 1 aliphatic rings. The minimum atomic E-state index is -0.443. The predicted octanol–water partition coefficient (Wildman–Crippen LogP) is 1.13. The lowest BCUT2D eigenvalue weighted by atomic mass is 10.1. The predicted molar refractivity (Wildman–Crippen MR) is 75.3 cm³/mol. The molecule has 1 aromatic carbocycles. The maximum atomic E-state index is 14.4. The maximum absolute atomic E-state index is 14.4. The average Bonchev–Trinajstić information content (AvgIpc) is 2.96. The number of halogens is 1. The van der Waals surface area contributed by atoms with Crippen LogP contribution in [0.3, 0.4) is 0 Å². The number of nitrogens with zero attached hydrogens (tertiary/aromatic N) is 4. The van der Waals surface area contributed by atoms with Gasteiger partial charge in [0.15, 0.2) is 5.84 Å². The highest BCUT2D eigenvalue weighted by Gasteiger charge is 2.19. The lowest BCUT2D eigenvalue weighted by Crippen LogP contribution is -2.33. The third-order valence-corrected chi connectivity index (χ3v) is 3.68. The van der Waals surface area contributed by atoms with Gasteiger partial charge in [-0.05, 0) is 6.07 Å². The van der Waals surface area contributed by atoms with E-state index in [1.807, 2.05) is 6.20 Å². The Morgan fingerprint density at radius 1 is 1.43 bits per heavy atom. The second-order valence-corrected chi connectivity index (χ2v) is 5.01. The van der Waals surface area contributed by atoms with Gasteiger partial charge < -0.3 is 15.5 Å². The number of amidine groups is 1. The fourth-order valence-corrected chi connectivity index (χ4v) is 2.55. The lowest BCUT2D eigenvalue weighted by Gasteiger charge is -2.27. The smallest absolute Gasteiger partial charge is 0.173 e. The van der Waals surface area contributed by atoms with Gasteiger partial charge in [0.2, 0.25) is 0 Å². The Bertz CT molecular complexity index is 682. The van der Waals surface area contributed by atoms with E-state index in [9.17, 15) is 4.39 Å². The van der Waals surface area contributed by atoms with Gasteiger partial charge in [0.05, 0.1) is 12.1 Å². The molecule has 0 saturated carbocycles. The van der Waals surface area contributed by atoms with Crippen LogP contribution in [-0.4, -0.2) is 32.0 Å². The summed E-state index contributed by atoms with van der Waals surface area (Å²) < 4.78 is 16.5. The first-order valence-corrected chi connectivity index (χ1v) is 6.66. The SMILES string of the molecule is N/C(=N/O)c1cccc(CN2CCn3ccnc3C2)c1F. The van der Waals surface area contributed by atoms with Gasteiger partial charge in [0, 0.05) is 37.6 Å². The summed E-state index contributed by atoms with van der Waals surface area (Å²) in [5.74, 6) is 0.319. The van der Waals surface area contributed by atoms with E-state index in [4.69, 9.17) is 10.9 Å². The van der Waals surface area contributed by atoms with Crippen molar-refractivity contribution >= 4 is 5.84 Å². The molecule has 110 valence electrons. The van der Waals surface area contributed by atoms with E-state index in [2.05, 4.69) is 19.6 Å². The highest BCUT2D eigenvalue weighted by Crippen LogP contribution is 2.18. The fourth-order valence-electron chi connectivity index (χ4n) is 2.55. The molecule has 1 aliphatic heterocycles. The number of hydrogen-bond donors (Lipinski definition) is 2. The number of aromatic nitrogens is 2. The van der Waals surface area contributed by atoms with E-state index >= 15 is 0 Å². The largest absolute Gasteiger partial charge is 0.409 e. The van der Waals surface area contributed by atoms with E-state index in [0.717, 1.165) is 18.9 Å². The van der Waals surface area contributed by atoms with Gasteiger partial charge in [-0.15, -0.1) is 0 Å². The molecule has 0 aliphatic carbocycles. The molecule has 1 aromatic heterocycles. The molecule has 2 heterocycles. The molecule has 0 saturated heterocycles. The topological polar surface area (TPSA) is 79.7 Å². The van der Waals surface area contributed by atoms with Crippen LogP contribution >= 0.6 is 0 Å². The second-order valence-electron chi connectivity index (χ2n) is 5.01. The summed E-state index contributed by atoms with van der Waals surface area (Å²) in [4.78, 5) is 6.41. The number of oxime groups is 1. The molecule has 3 N–H and O–H groups in total. The maximum Gasteiger partial charge on any atom is 0.173 e. The zero-order valence-electron chi connectivity index (χ0n) is 11.4. The summed E-state index contributed by atoms with van der Waals surface area (Å²) in [6.07, 6.45) is 3.73. The van der Waals surface area contributed by atoms with Crippen LogP contribution in [0.5, 0.6) is 0 Å². The van der Waals surface area contributed by atoms with Crippen LogP contribution in [0.4, 0.5) is 4.39 Å². The van der Waals surface area contributed by atoms with Crippen LogP contribution in [0, 0.1) is 5.82 Å². The van der Waals surface area contributed by atoms with E-state index < -0.39 is 5.82 Å². The van der Waals surface area contributed by atoms with Crippen molar-refractivity contribution in [3.63, 3.8) is 0 Å². The minimum absolute atomic E-state index is 0.119. The molecule has 0 radical (unpaired) electrons. The van der Waals surface area contributed by atoms with E-state index in [0.29, 0.717) is 18.7 Å². The van der Waals surface area contributed by atoms with Crippen molar-refractivity contribution in [1.29, 1.82) is 0 Å². The Morgan fingerprint density at radius 3 is 3.10 bits per heavy atom. The number of rotatable bonds is 3. The summed E-state index contributed by atoms with van der Waals surface area (Å²) in [5.41, 5.74) is 6.13. The molecule has 0 spiro atoms. The summed E-state index contributed by atoms with van der Waals surface area (Å²) in [6, 6.07) is 4.91. The van der Waals surface area contributed by atoms with Gasteiger partial charge in [0.25, 0.3) is 0 Å². The molecule has 0 unspecified atom stereocenters. The van der Waals surface area contributed by atoms with E-state index in [-0.39, 0.29) is 11.4 Å². The van der Waals surface area contributed by atoms with Gasteiger partial charge in [0.1, 0.15) is 11.6 Å². The van der Waals surface area contributed by atoms with Crippen LogP contribution < -0.4 is 5.73 Å². The molecular weight excluding hydrogens is 273 g/mol. The number of imidazole rings is 1. The molecular formula is C14H16FN5O. The second kappa shape index (κ2) is 5.53. The van der Waals surface area contributed by atoms with Gasteiger partial charge in [-0.1, -0.05) is 17.3 Å². The van der Waals surface area contributed by atoms with E-state index in [1.165, 1.54) is 6.07 Å². The highest BCUT2D eigenvalue weighted by molar-refractivity contribution is 5.97. The van der Waals surface area contributed by atoms with Crippen LogP contribution in [0.1, 0.15) is 17.0 Å². The zero-order chi connectivity index (χ0) is 14.8. The van der Waals surface area contributed by atoms with Gasteiger partial charge in [-0.25, -0.2) is 9.37 Å². The first kappa shape index (κ1) is 13.6. The summed E-state index contributed by atoms with van der Waals surface area (Å²) in [6.45, 7) is 2.82. The van der Waals surface area contributed by atoms with Crippen molar-refractivity contribution in [3.05, 3.63) is 53.4 Å². The van der Waals surface area contributed by atoms with Crippen molar-refractivity contribution in [2.24, 2.45) is 10.9 Å². The van der Waals surface area contributed by atoms with Crippen LogP contribution in [0.15, 0.2) is 35.7 Å². The number of benzene rings is 1. The summed E-state index contributed by atoms with van der Waals surface area (Å²) in [5, 5.41) is 11.5. The summed E-state index contributed by atoms with van der Waals surface area (Å²) in [7, 11) is 0. The van der Waals surface area contributed by atoms with Crippen molar-refractivity contribution in [3.8, 4) is 0 Å². The standard InChI is InChI=1S/C14H16FN5O/c15-13-10(2-1-3-11(13)14(16)18-21)8-19-6-7-20-5-4-17-12(20)9-19/h1-5,21H,6-9H2,(H2,16,18). The van der Waals surface area contributed by atoms with Gasteiger partial charge in [-0.3, -0.25) is 4.90 Å². The summed E-state index contributed by atoms with van der Waals surface area (Å²) >= 11 is 0. The Balaban J connectivity index is 1.80. The average molecular weight is 289 g/mol. The Labute approximate surface area is 121 Å². The number of fused-ring (bicyclic) bond motifs is 1. The molecule has 0 bridgehead atoms. The quantitative estimate of drug-likeness (QED) is 0.384. The molecule has 6 nitrogen and oxygen atoms in total. The van der Waals surface area contributed by atoms with Crippen LogP contribution in [0.2, 0.25) is 0 Å². The van der Waals surface area contributed by atoms with E-state index in [1.54, 1.807) is 18.3 Å². The molecule has 2 aromatic rings.